The number of rotatable bonds is 11. The van der Waals surface area contributed by atoms with Crippen LogP contribution in [0.1, 0.15) is 103 Å². The number of nitrogens with zero attached hydrogens (tertiary/aromatic N) is 1. The minimum atomic E-state index is -1.29. The zero-order valence-electron chi connectivity index (χ0n) is 32.4. The van der Waals surface area contributed by atoms with Crippen LogP contribution in [-0.2, 0) is 44.7 Å². The third-order valence-corrected chi connectivity index (χ3v) is 15.0. The molecule has 1 aromatic rings. The highest BCUT2D eigenvalue weighted by molar-refractivity contribution is 5.94. The van der Waals surface area contributed by atoms with Crippen molar-refractivity contribution in [3.05, 3.63) is 41.0 Å². The van der Waals surface area contributed by atoms with Crippen molar-refractivity contribution in [3.63, 3.8) is 0 Å². The number of amides is 2. The maximum atomic E-state index is 14.5. The number of hydroxylamine groups is 2. The van der Waals surface area contributed by atoms with E-state index in [4.69, 9.17) is 28.9 Å². The van der Waals surface area contributed by atoms with E-state index in [9.17, 15) is 14.4 Å². The van der Waals surface area contributed by atoms with Gasteiger partial charge in [0, 0.05) is 37.8 Å². The number of benzene rings is 1. The van der Waals surface area contributed by atoms with E-state index in [1.807, 2.05) is 0 Å². The smallest absolute Gasteiger partial charge is 0.327 e. The molecule has 4 heterocycles. The largest absolute Gasteiger partial charge is 0.458 e. The molecule has 2 amide bonds. The molecule has 10 atom stereocenters. The average Bonchev–Trinajstić information content (AvgIpc) is 4.10. The summed E-state index contributed by atoms with van der Waals surface area (Å²) in [5, 5.41) is 16.3. The lowest BCUT2D eigenvalue weighted by Crippen LogP contribution is -2.69. The van der Waals surface area contributed by atoms with Gasteiger partial charge in [0.1, 0.15) is 29.8 Å². The third kappa shape index (κ3) is 6.02. The van der Waals surface area contributed by atoms with Crippen LogP contribution in [0, 0.1) is 34.5 Å². The van der Waals surface area contributed by atoms with Crippen LogP contribution in [-0.4, -0.2) is 95.6 Å². The van der Waals surface area contributed by atoms with Crippen LogP contribution < -0.4 is 10.6 Å². The lowest BCUT2D eigenvalue weighted by atomic mass is 9.52. The van der Waals surface area contributed by atoms with Crippen molar-refractivity contribution in [2.24, 2.45) is 34.5 Å². The Morgan fingerprint density at radius 1 is 0.927 bits per heavy atom. The van der Waals surface area contributed by atoms with E-state index in [-0.39, 0.29) is 56.5 Å². The van der Waals surface area contributed by atoms with Gasteiger partial charge in [-0.2, -0.15) is 5.06 Å². The van der Waals surface area contributed by atoms with Gasteiger partial charge in [0.2, 0.25) is 11.8 Å². The van der Waals surface area contributed by atoms with Crippen molar-refractivity contribution in [2.75, 3.05) is 19.7 Å². The van der Waals surface area contributed by atoms with Gasteiger partial charge in [-0.3, -0.25) is 19.2 Å². The van der Waals surface area contributed by atoms with Gasteiger partial charge in [-0.15, -0.1) is 0 Å². The number of epoxide rings is 1. The van der Waals surface area contributed by atoms with Crippen molar-refractivity contribution >= 4 is 23.9 Å². The molecule has 55 heavy (non-hydrogen) atoms. The fourth-order valence-electron chi connectivity index (χ4n) is 11.7. The molecular weight excluding hydrogens is 702 g/mol. The van der Waals surface area contributed by atoms with E-state index >= 15 is 0 Å². The van der Waals surface area contributed by atoms with Gasteiger partial charge < -0.3 is 34.7 Å². The summed E-state index contributed by atoms with van der Waals surface area (Å²) in [4.78, 5) is 47.7. The number of carbonyl (C=O) groups excluding carboxylic acids is 3. The molecule has 0 aromatic heterocycles. The Balaban J connectivity index is 0.905. The Hall–Kier alpha value is -2.87. The number of carbonyl (C=O) groups is 3. The topological polar surface area (TPSA) is 148 Å². The van der Waals surface area contributed by atoms with E-state index in [1.165, 1.54) is 18.4 Å². The second-order valence-electron chi connectivity index (χ2n) is 19.1. The Morgan fingerprint density at radius 3 is 2.38 bits per heavy atom. The van der Waals surface area contributed by atoms with Gasteiger partial charge >= 0.3 is 5.97 Å². The molecule has 3 N–H and O–H groups in total. The molecule has 1 aromatic carbocycles. The fraction of sp³-hybridized carbons (Fsp3) is 0.744. The summed E-state index contributed by atoms with van der Waals surface area (Å²) in [5.41, 5.74) is 2.76. The zero-order chi connectivity index (χ0) is 37.9. The molecule has 4 saturated heterocycles. The molecule has 10 rings (SSSR count). The lowest BCUT2D eigenvalue weighted by molar-refractivity contribution is -0.235. The number of esters is 1. The van der Waals surface area contributed by atoms with Crippen LogP contribution in [0.4, 0.5) is 0 Å². The number of allylic oxidation sites excluding steroid dienone is 1. The first-order valence-corrected chi connectivity index (χ1v) is 21.1. The van der Waals surface area contributed by atoms with E-state index in [2.05, 4.69) is 61.7 Å². The molecule has 12 nitrogen and oxygen atoms in total. The molecule has 0 spiro atoms. The first-order valence-electron chi connectivity index (χ1n) is 21.1. The number of hydrogen-bond acceptors (Lipinski definition) is 10. The normalized spacial score (nSPS) is 41.4. The molecule has 12 heteroatoms. The van der Waals surface area contributed by atoms with Crippen LogP contribution in [0.3, 0.4) is 0 Å². The van der Waals surface area contributed by atoms with E-state index in [0.29, 0.717) is 35.2 Å². The van der Waals surface area contributed by atoms with Crippen LogP contribution >= 0.6 is 0 Å². The number of nitrogens with one attached hydrogen (secondary N) is 2. The highest BCUT2D eigenvalue weighted by Gasteiger charge is 2.78. The van der Waals surface area contributed by atoms with E-state index < -0.39 is 47.6 Å². The maximum absolute atomic E-state index is 14.5. The summed E-state index contributed by atoms with van der Waals surface area (Å²) in [7, 11) is 0. The predicted molar refractivity (Wildman–Crippen MR) is 198 cm³/mol. The van der Waals surface area contributed by atoms with Crippen molar-refractivity contribution in [1.29, 1.82) is 0 Å². The van der Waals surface area contributed by atoms with E-state index in [0.717, 1.165) is 56.1 Å². The fourth-order valence-corrected chi connectivity index (χ4v) is 11.7. The van der Waals surface area contributed by atoms with Gasteiger partial charge in [0.05, 0.1) is 24.9 Å². The maximum Gasteiger partial charge on any atom is 0.327 e. The van der Waals surface area contributed by atoms with Gasteiger partial charge in [0.15, 0.2) is 11.8 Å². The molecule has 2 bridgehead atoms. The van der Waals surface area contributed by atoms with Crippen molar-refractivity contribution in [2.45, 2.75) is 146 Å². The predicted octanol–water partition coefficient (Wildman–Crippen LogP) is 4.18. The summed E-state index contributed by atoms with van der Waals surface area (Å²) in [6.45, 7) is 7.47. The van der Waals surface area contributed by atoms with Gasteiger partial charge in [-0.05, 0) is 93.1 Å². The Morgan fingerprint density at radius 2 is 1.67 bits per heavy atom. The van der Waals surface area contributed by atoms with Crippen LogP contribution in [0.15, 0.2) is 29.8 Å². The molecule has 1 unspecified atom stereocenters. The number of ether oxygens (including phenoxy) is 4. The molecular formula is C43H57N3O9. The molecule has 9 aliphatic rings. The van der Waals surface area contributed by atoms with Crippen molar-refractivity contribution < 1.29 is 43.3 Å². The highest BCUT2D eigenvalue weighted by Crippen LogP contribution is 2.64. The summed E-state index contributed by atoms with van der Waals surface area (Å²) in [6.07, 6.45) is 10.4. The molecule has 4 aliphatic heterocycles. The molecule has 298 valence electrons. The number of aliphatic hydroxyl groups excluding tert-OH is 1. The van der Waals surface area contributed by atoms with Crippen molar-refractivity contribution in [1.82, 2.24) is 15.7 Å². The second-order valence-corrected chi connectivity index (χ2v) is 19.1. The molecule has 5 aliphatic carbocycles. The first kappa shape index (κ1) is 36.5. The minimum absolute atomic E-state index is 0.0448. The average molecular weight is 760 g/mol. The van der Waals surface area contributed by atoms with Gasteiger partial charge in [0.25, 0.3) is 0 Å². The number of hydrogen-bond donors (Lipinski definition) is 3. The summed E-state index contributed by atoms with van der Waals surface area (Å²) >= 11 is 0. The van der Waals surface area contributed by atoms with E-state index in [1.54, 1.807) is 5.06 Å². The van der Waals surface area contributed by atoms with Crippen LogP contribution in [0.25, 0.3) is 6.08 Å². The Labute approximate surface area is 323 Å². The zero-order valence-corrected chi connectivity index (χ0v) is 32.4. The Kier molecular flexibility index (Phi) is 8.67. The van der Waals surface area contributed by atoms with Gasteiger partial charge in [-0.25, -0.2) is 0 Å². The number of aliphatic hydroxyl groups is 1. The SMILES string of the molecule is CC1(C)C[C@@H]2C(=Cc3ccc(CN4O[C@@H]5[C@H]6OC(C7CC7)(C7CC7)O[C@H]6[C@@H]6C[C@]5(C(=O)NCCC(=O)NCCO)[C@@H]4C(=O)O6)cc3)CCC3O[C@]3(C)CC[C@H]21. The molecule has 0 radical (unpaired) electrons. The quantitative estimate of drug-likeness (QED) is 0.222. The number of fused-ring (bicyclic) bond motifs is 6. The third-order valence-electron chi connectivity index (χ3n) is 15.0. The summed E-state index contributed by atoms with van der Waals surface area (Å²) < 4.78 is 26.2. The van der Waals surface area contributed by atoms with Crippen LogP contribution in [0.2, 0.25) is 0 Å². The summed E-state index contributed by atoms with van der Waals surface area (Å²) in [6, 6.07) is 7.49. The lowest BCUT2D eigenvalue weighted by Gasteiger charge is -2.53. The summed E-state index contributed by atoms with van der Waals surface area (Å²) in [5.74, 6) is 0.0242. The van der Waals surface area contributed by atoms with Gasteiger partial charge in [-0.1, -0.05) is 49.8 Å². The molecule has 9 fully saturated rings. The molecule has 5 saturated carbocycles. The first-order chi connectivity index (χ1) is 26.4. The van der Waals surface area contributed by atoms with Crippen LogP contribution in [0.5, 0.6) is 0 Å². The standard InChI is InChI=1S/C43H57N3O9/c1-40(2)21-29-26(8-13-32-41(3,52-32)16-14-30(29)40)20-24-4-6-25(7-5-24)23-46-36-38(49)51-31-22-42(36,39(50)45-17-15-33(48)44-18-19-47)37(55-46)35-34(31)53-43(54-35,27-9-10-27)28-11-12-28/h4-7,20,27-32,34-37,47H,8-19,21-23H2,1-3H3,(H,44,48)(H,45,50)/t29-,30-,31+,32?,34+,35+,36+,37-,41-,42+/m1/s1. The van der Waals surface area contributed by atoms with Crippen molar-refractivity contribution in [3.8, 4) is 0 Å². The monoisotopic (exact) mass is 759 g/mol. The minimum Gasteiger partial charge on any atom is -0.458 e. The second kappa shape index (κ2) is 13.1. The highest BCUT2D eigenvalue weighted by atomic mass is 16.8. The Bertz CT molecular complexity index is 1740.